The normalized spacial score (nSPS) is 10.5. The van der Waals surface area contributed by atoms with Crippen molar-refractivity contribution in [1.82, 2.24) is 0 Å². The fraction of sp³-hybridized carbons (Fsp3) is 0.376. The monoisotopic (exact) mass is 1960 g/mol. The van der Waals surface area contributed by atoms with E-state index in [4.69, 9.17) is 75.3 Å². The fourth-order valence-electron chi connectivity index (χ4n) is 9.63. The third-order valence-corrected chi connectivity index (χ3v) is 24.0. The molecule has 0 aliphatic heterocycles. The highest BCUT2D eigenvalue weighted by Gasteiger charge is 2.33. The summed E-state index contributed by atoms with van der Waals surface area (Å²) < 4.78 is 47.7. The first-order chi connectivity index (χ1) is 50.9. The van der Waals surface area contributed by atoms with Crippen molar-refractivity contribution in [3.63, 3.8) is 0 Å². The van der Waals surface area contributed by atoms with Gasteiger partial charge in [0.05, 0.1) is 135 Å². The number of aliphatic carboxylic acids is 1. The number of alkyl halides is 1. The number of rotatable bonds is 18. The van der Waals surface area contributed by atoms with E-state index >= 15 is 0 Å². The van der Waals surface area contributed by atoms with Crippen molar-refractivity contribution in [2.24, 2.45) is 0 Å². The third-order valence-electron chi connectivity index (χ3n) is 16.6. The van der Waals surface area contributed by atoms with E-state index in [1.54, 1.807) is 75.6 Å². The summed E-state index contributed by atoms with van der Waals surface area (Å²) in [6.07, 6.45) is 0.421. The van der Waals surface area contributed by atoms with Gasteiger partial charge in [-0.15, -0.1) is 11.6 Å². The van der Waals surface area contributed by atoms with Crippen molar-refractivity contribution in [2.45, 2.75) is 159 Å². The van der Waals surface area contributed by atoms with Crippen LogP contribution in [-0.4, -0.2) is 89.6 Å². The van der Waals surface area contributed by atoms with Crippen molar-refractivity contribution < 1.29 is 67.6 Å². The number of esters is 1. The number of methoxy groups -OCH3 is 7. The number of ether oxygens (including phenoxy) is 8. The Morgan fingerprint density at radius 3 is 1.12 bits per heavy atom. The van der Waals surface area contributed by atoms with Crippen molar-refractivity contribution in [3.05, 3.63) is 230 Å². The van der Waals surface area contributed by atoms with E-state index in [2.05, 4.69) is 169 Å². The number of carboxylic acid groups (broad SMARTS) is 2. The van der Waals surface area contributed by atoms with Crippen molar-refractivity contribution in [1.29, 1.82) is 10.5 Å². The van der Waals surface area contributed by atoms with Gasteiger partial charge in [0, 0.05) is 5.88 Å². The number of nitrogens with zero attached hydrogens (tertiary/aromatic N) is 2. The number of hydrogen-bond acceptors (Lipinski definition) is 14. The van der Waals surface area contributed by atoms with Gasteiger partial charge in [-0.25, -0.2) is 4.79 Å². The minimum Gasteiger partial charge on any atom is -0.496 e. The number of carbonyl (C=O) groups is 3. The Morgan fingerprint density at radius 1 is 0.459 bits per heavy atom. The zero-order valence-electron chi connectivity index (χ0n) is 66.5. The first-order valence-corrected chi connectivity index (χ1v) is 40.0. The van der Waals surface area contributed by atoms with E-state index in [1.807, 2.05) is 143 Å². The van der Waals surface area contributed by atoms with Gasteiger partial charge >= 0.3 is 17.9 Å². The van der Waals surface area contributed by atoms with Gasteiger partial charge in [-0.05, 0) is 348 Å². The molecule has 24 heteroatoms. The van der Waals surface area contributed by atoms with Crippen LogP contribution in [0.1, 0.15) is 162 Å². The standard InChI is InChI=1S/C14H19BrO3.C12H14BrNO.C12H15BrO3.C10H10BrNO.C10H14.C9H10BrClO.C9H9BrO3.C9H11BrO2/c1-6-18-13(16)14(3,4)10-7-9(2)12(15)11(8-10)17-5;1-8-5-9(12(2,3)7-14)6-10(15-4)11(8)13;1-7-5-8(12(2,3)11(14)15)6-9(16-4)10(7)13;1-7-5-8(3-4-12)6-9(13-2)10(7)11;1-8(2)10-6-4-5-9(3)7-10;1-6-3-7(5-11)4-8(12-2)9(6)10;1-5-3-6(9(11)12)4-7(13-2)8(5)10;1-6-3-7(5-11)4-8(12-2)9(6)10/h7-8H,6H2,1-5H3;5-6H,1-4H3;5-6H,1-4H3,(H,14,15);5-6H,3H2,1-2H3;4-8H,1-3H3;3-4H,5H2,1-2H3;3-4H,1-2H3,(H,11,12);3-4,11H,5H2,1-2H3. The van der Waals surface area contributed by atoms with Crippen LogP contribution in [0.25, 0.3) is 0 Å². The Bertz CT molecular complexity index is 4390. The lowest BCUT2D eigenvalue weighted by Crippen LogP contribution is -2.31. The molecule has 0 atom stereocenters. The SMILES string of the molecule is CCOC(=O)C(C)(C)c1cc(C)c(Br)c(OC)c1.COc1cc(C(=O)O)cc(C)c1Br.COc1cc(C(C)(C)C#N)cc(C)c1Br.COc1cc(C(C)(C)C(=O)O)cc(C)c1Br.COc1cc(CC#N)cc(C)c1Br.COc1cc(CCl)cc(C)c1Br.COc1cc(CO)cc(C)c1Br.Cc1cccc(C(C)C)c1. The number of carbonyl (C=O) groups excluding carboxylic acids is 1. The Hall–Kier alpha value is -6.64. The van der Waals surface area contributed by atoms with E-state index in [0.717, 1.165) is 132 Å². The molecule has 0 amide bonds. The number of benzene rings is 8. The van der Waals surface area contributed by atoms with Gasteiger partial charge in [-0.1, -0.05) is 80.1 Å². The number of halogens is 8. The number of aromatic carboxylic acids is 1. The summed E-state index contributed by atoms with van der Waals surface area (Å²) >= 11 is 29.6. The van der Waals surface area contributed by atoms with Crippen LogP contribution in [0.3, 0.4) is 0 Å². The highest BCUT2D eigenvalue weighted by molar-refractivity contribution is 9.11. The zero-order chi connectivity index (χ0) is 83.8. The molecule has 0 spiro atoms. The van der Waals surface area contributed by atoms with E-state index in [-0.39, 0.29) is 18.1 Å². The average molecular weight is 1970 g/mol. The number of hydrogen-bond donors (Lipinski definition) is 3. The molecule has 0 aromatic heterocycles. The maximum Gasteiger partial charge on any atom is 0.335 e. The summed E-state index contributed by atoms with van der Waals surface area (Å²) in [6.45, 7) is 33.3. The number of aliphatic hydroxyl groups is 1. The van der Waals surface area contributed by atoms with Gasteiger partial charge in [0.2, 0.25) is 0 Å². The zero-order valence-corrected chi connectivity index (χ0v) is 78.4. The van der Waals surface area contributed by atoms with E-state index in [0.29, 0.717) is 36.3 Å². The number of aryl methyl sites for hydroxylation is 8. The largest absolute Gasteiger partial charge is 0.496 e. The van der Waals surface area contributed by atoms with Gasteiger partial charge in [-0.2, -0.15) is 10.5 Å². The van der Waals surface area contributed by atoms with Crippen LogP contribution in [-0.2, 0) is 49.5 Å². The van der Waals surface area contributed by atoms with Crippen molar-refractivity contribution >= 4 is 141 Å². The second-order valence-corrected chi connectivity index (χ2v) is 32.4. The van der Waals surface area contributed by atoms with Gasteiger partial charge < -0.3 is 53.2 Å². The van der Waals surface area contributed by atoms with Crippen LogP contribution in [0.2, 0.25) is 0 Å². The molecule has 0 heterocycles. The number of aliphatic hydroxyl groups excluding tert-OH is 1. The Kier molecular flexibility index (Phi) is 44.5. The lowest BCUT2D eigenvalue weighted by molar-refractivity contribution is -0.148. The maximum atomic E-state index is 12.0. The highest BCUT2D eigenvalue weighted by atomic mass is 79.9. The van der Waals surface area contributed by atoms with Crippen LogP contribution in [0.4, 0.5) is 0 Å². The molecule has 0 unspecified atom stereocenters. The van der Waals surface area contributed by atoms with Crippen LogP contribution in [0.5, 0.6) is 40.2 Å². The predicted octanol–water partition coefficient (Wildman–Crippen LogP) is 24.5. The molecule has 8 rings (SSSR count). The van der Waals surface area contributed by atoms with Gasteiger partial charge in [-0.3, -0.25) is 9.59 Å². The third kappa shape index (κ3) is 30.8. The predicted molar refractivity (Wildman–Crippen MR) is 464 cm³/mol. The second-order valence-electron chi connectivity index (χ2n) is 26.5. The quantitative estimate of drug-likeness (QED) is 0.0535. The molecule has 16 nitrogen and oxygen atoms in total. The lowest BCUT2D eigenvalue weighted by Gasteiger charge is -2.24. The van der Waals surface area contributed by atoms with E-state index in [9.17, 15) is 14.4 Å². The first-order valence-electron chi connectivity index (χ1n) is 33.9. The molecule has 8 aromatic rings. The van der Waals surface area contributed by atoms with E-state index < -0.39 is 28.2 Å². The maximum absolute atomic E-state index is 12.0. The molecular formula is C85H102Br7ClN2O14. The smallest absolute Gasteiger partial charge is 0.335 e. The van der Waals surface area contributed by atoms with Gasteiger partial charge in [0.25, 0.3) is 0 Å². The molecule has 8 aromatic carbocycles. The molecule has 592 valence electrons. The molecule has 0 radical (unpaired) electrons. The van der Waals surface area contributed by atoms with Crippen molar-refractivity contribution in [3.8, 4) is 52.4 Å². The molecule has 109 heavy (non-hydrogen) atoms. The minimum atomic E-state index is -0.950. The Balaban J connectivity index is 0.000000626. The molecule has 0 saturated carbocycles. The Morgan fingerprint density at radius 2 is 0.789 bits per heavy atom. The summed E-state index contributed by atoms with van der Waals surface area (Å²) in [4.78, 5) is 33.8. The topological polar surface area (TPSA) is 233 Å². The van der Waals surface area contributed by atoms with Crippen LogP contribution in [0.15, 0.2) is 141 Å². The summed E-state index contributed by atoms with van der Waals surface area (Å²) in [5.74, 6) is 4.22. The fourth-order valence-corrected chi connectivity index (χ4v) is 12.5. The molecule has 0 bridgehead atoms. The second kappa shape index (κ2) is 48.3. The summed E-state index contributed by atoms with van der Waals surface area (Å²) in [5, 5.41) is 44.4. The molecule has 3 N–H and O–H groups in total. The molecule has 0 fully saturated rings. The highest BCUT2D eigenvalue weighted by Crippen LogP contribution is 2.39. The van der Waals surface area contributed by atoms with E-state index in [1.165, 1.54) is 24.3 Å². The van der Waals surface area contributed by atoms with Crippen LogP contribution in [0, 0.1) is 78.1 Å². The van der Waals surface area contributed by atoms with Gasteiger partial charge in [0.15, 0.2) is 0 Å². The number of nitriles is 2. The van der Waals surface area contributed by atoms with Crippen LogP contribution < -0.4 is 33.2 Å². The minimum absolute atomic E-state index is 0.0461. The lowest BCUT2D eigenvalue weighted by atomic mass is 9.84. The average Bonchev–Trinajstić information content (AvgIpc) is 0.804. The molecule has 0 saturated heterocycles. The Labute approximate surface area is 709 Å². The summed E-state index contributed by atoms with van der Waals surface area (Å²) in [7, 11) is 11.2. The first kappa shape index (κ1) is 100. The summed E-state index contributed by atoms with van der Waals surface area (Å²) in [5.41, 5.74) is 13.7. The van der Waals surface area contributed by atoms with Crippen molar-refractivity contribution in [2.75, 3.05) is 56.4 Å². The molecule has 0 aliphatic rings. The summed E-state index contributed by atoms with van der Waals surface area (Å²) in [6, 6.07) is 39.1. The number of carboxylic acids is 2. The molecule has 0 aliphatic carbocycles. The van der Waals surface area contributed by atoms with Crippen LogP contribution >= 0.6 is 123 Å². The van der Waals surface area contributed by atoms with Gasteiger partial charge in [0.1, 0.15) is 40.2 Å². The molecular weight excluding hydrogens is 1870 g/mol.